The van der Waals surface area contributed by atoms with Crippen molar-refractivity contribution in [2.24, 2.45) is 17.8 Å². The summed E-state index contributed by atoms with van der Waals surface area (Å²) < 4.78 is 10.5. The van der Waals surface area contributed by atoms with Crippen LogP contribution in [0.2, 0.25) is 0 Å². The summed E-state index contributed by atoms with van der Waals surface area (Å²) in [5.41, 5.74) is 3.76. The molecule has 2 aliphatic rings. The quantitative estimate of drug-likeness (QED) is 0.283. The van der Waals surface area contributed by atoms with Crippen molar-refractivity contribution in [1.29, 1.82) is 0 Å². The van der Waals surface area contributed by atoms with Crippen LogP contribution in [0, 0.1) is 17.8 Å². The van der Waals surface area contributed by atoms with E-state index in [1.807, 2.05) is 24.3 Å². The molecule has 4 nitrogen and oxygen atoms in total. The Balaban J connectivity index is 1.32. The fourth-order valence-electron chi connectivity index (χ4n) is 5.41. The fourth-order valence-corrected chi connectivity index (χ4v) is 5.41. The molecule has 2 aromatic rings. The highest BCUT2D eigenvalue weighted by atomic mass is 16.5. The minimum absolute atomic E-state index is 0.0872. The van der Waals surface area contributed by atoms with Crippen LogP contribution in [-0.2, 0) is 14.3 Å². The molecule has 2 aliphatic carbocycles. The Hall–Kier alpha value is -2.62. The van der Waals surface area contributed by atoms with Crippen LogP contribution in [0.4, 0.5) is 0 Å². The lowest BCUT2D eigenvalue weighted by Crippen LogP contribution is -2.29. The van der Waals surface area contributed by atoms with Crippen LogP contribution in [0.25, 0.3) is 11.1 Å². The molecule has 0 amide bonds. The summed E-state index contributed by atoms with van der Waals surface area (Å²) in [5.74, 6) is 1.51. The molecule has 0 saturated heterocycles. The maximum atomic E-state index is 12.6. The molecule has 33 heavy (non-hydrogen) atoms. The molecular formula is C29H36O4. The van der Waals surface area contributed by atoms with Crippen molar-refractivity contribution in [2.75, 3.05) is 7.11 Å². The first kappa shape index (κ1) is 23.5. The van der Waals surface area contributed by atoms with Gasteiger partial charge in [0.05, 0.1) is 18.9 Å². The van der Waals surface area contributed by atoms with Crippen LogP contribution in [0.15, 0.2) is 48.5 Å². The van der Waals surface area contributed by atoms with E-state index in [1.54, 1.807) is 0 Å². The highest BCUT2D eigenvalue weighted by molar-refractivity contribution is 5.77. The molecule has 0 spiro atoms. The van der Waals surface area contributed by atoms with Gasteiger partial charge in [0.15, 0.2) is 0 Å². The SMILES string of the molecule is COC(=O)C1CCC(C(=O)Oc2ccc(-c3ccc(C4CCCC(C)CC4)cc3)cc2)CC1. The van der Waals surface area contributed by atoms with Crippen molar-refractivity contribution in [3.63, 3.8) is 0 Å². The number of ether oxygens (including phenoxy) is 2. The van der Waals surface area contributed by atoms with Crippen LogP contribution >= 0.6 is 0 Å². The summed E-state index contributed by atoms with van der Waals surface area (Å²) in [4.78, 5) is 24.2. The third-order valence-electron chi connectivity index (χ3n) is 7.64. The van der Waals surface area contributed by atoms with Gasteiger partial charge < -0.3 is 9.47 Å². The molecule has 0 N–H and O–H groups in total. The molecule has 0 aliphatic heterocycles. The van der Waals surface area contributed by atoms with Gasteiger partial charge in [0.1, 0.15) is 5.75 Å². The van der Waals surface area contributed by atoms with E-state index in [9.17, 15) is 9.59 Å². The highest BCUT2D eigenvalue weighted by Gasteiger charge is 2.31. The Morgan fingerprint density at radius 1 is 0.697 bits per heavy atom. The zero-order valence-electron chi connectivity index (χ0n) is 19.9. The zero-order valence-corrected chi connectivity index (χ0v) is 19.9. The van der Waals surface area contributed by atoms with Gasteiger partial charge in [-0.25, -0.2) is 0 Å². The zero-order chi connectivity index (χ0) is 23.2. The molecule has 4 rings (SSSR count). The first-order chi connectivity index (χ1) is 16.0. The Labute approximate surface area is 197 Å². The summed E-state index contributed by atoms with van der Waals surface area (Å²) in [6.45, 7) is 2.38. The average Bonchev–Trinajstić information content (AvgIpc) is 3.08. The van der Waals surface area contributed by atoms with Gasteiger partial charge in [0, 0.05) is 0 Å². The summed E-state index contributed by atoms with van der Waals surface area (Å²) >= 11 is 0. The molecule has 2 aromatic carbocycles. The van der Waals surface area contributed by atoms with Crippen molar-refractivity contribution >= 4 is 11.9 Å². The van der Waals surface area contributed by atoms with Crippen LogP contribution in [0.1, 0.15) is 76.2 Å². The van der Waals surface area contributed by atoms with Crippen molar-refractivity contribution < 1.29 is 19.1 Å². The Morgan fingerprint density at radius 3 is 1.88 bits per heavy atom. The van der Waals surface area contributed by atoms with Gasteiger partial charge in [0.2, 0.25) is 0 Å². The molecule has 0 bridgehead atoms. The predicted octanol–water partition coefficient (Wildman–Crippen LogP) is 6.92. The molecule has 2 unspecified atom stereocenters. The van der Waals surface area contributed by atoms with E-state index in [2.05, 4.69) is 31.2 Å². The number of hydrogen-bond donors (Lipinski definition) is 0. The predicted molar refractivity (Wildman–Crippen MR) is 130 cm³/mol. The Morgan fingerprint density at radius 2 is 1.27 bits per heavy atom. The van der Waals surface area contributed by atoms with Gasteiger partial charge in [-0.3, -0.25) is 9.59 Å². The highest BCUT2D eigenvalue weighted by Crippen LogP contribution is 2.35. The van der Waals surface area contributed by atoms with Crippen LogP contribution < -0.4 is 4.74 Å². The molecule has 2 fully saturated rings. The molecule has 0 radical (unpaired) electrons. The number of hydrogen-bond acceptors (Lipinski definition) is 4. The van der Waals surface area contributed by atoms with Gasteiger partial charge in [0.25, 0.3) is 0 Å². The number of carbonyl (C=O) groups is 2. The average molecular weight is 449 g/mol. The summed E-state index contributed by atoms with van der Waals surface area (Å²) in [6, 6.07) is 16.8. The lowest BCUT2D eigenvalue weighted by atomic mass is 9.82. The maximum absolute atomic E-state index is 12.6. The lowest BCUT2D eigenvalue weighted by molar-refractivity contribution is -0.149. The van der Waals surface area contributed by atoms with Gasteiger partial charge in [-0.1, -0.05) is 62.6 Å². The monoisotopic (exact) mass is 448 g/mol. The lowest BCUT2D eigenvalue weighted by Gasteiger charge is -2.25. The second-order valence-electron chi connectivity index (χ2n) is 9.95. The van der Waals surface area contributed by atoms with Gasteiger partial charge in [-0.15, -0.1) is 0 Å². The van der Waals surface area contributed by atoms with Gasteiger partial charge in [-0.2, -0.15) is 0 Å². The second-order valence-corrected chi connectivity index (χ2v) is 9.95. The van der Waals surface area contributed by atoms with E-state index >= 15 is 0 Å². The van der Waals surface area contributed by atoms with E-state index in [0.29, 0.717) is 37.4 Å². The van der Waals surface area contributed by atoms with E-state index in [4.69, 9.17) is 9.47 Å². The largest absolute Gasteiger partial charge is 0.469 e. The first-order valence-electron chi connectivity index (χ1n) is 12.5. The third-order valence-corrected chi connectivity index (χ3v) is 7.64. The van der Waals surface area contributed by atoms with E-state index < -0.39 is 0 Å². The number of rotatable bonds is 5. The normalized spacial score (nSPS) is 25.6. The van der Waals surface area contributed by atoms with Gasteiger partial charge in [-0.05, 0) is 79.2 Å². The summed E-state index contributed by atoms with van der Waals surface area (Å²) in [7, 11) is 1.42. The second kappa shape index (κ2) is 11.0. The first-order valence-corrected chi connectivity index (χ1v) is 12.5. The van der Waals surface area contributed by atoms with Crippen molar-refractivity contribution in [3.8, 4) is 16.9 Å². The fraction of sp³-hybridized carbons (Fsp3) is 0.517. The van der Waals surface area contributed by atoms with Crippen LogP contribution in [0.5, 0.6) is 5.75 Å². The molecule has 0 aromatic heterocycles. The number of benzene rings is 2. The van der Waals surface area contributed by atoms with Crippen molar-refractivity contribution in [3.05, 3.63) is 54.1 Å². The third kappa shape index (κ3) is 6.04. The topological polar surface area (TPSA) is 52.6 Å². The van der Waals surface area contributed by atoms with Crippen LogP contribution in [0.3, 0.4) is 0 Å². The molecular weight excluding hydrogens is 412 g/mol. The molecule has 0 heterocycles. The van der Waals surface area contributed by atoms with E-state index in [0.717, 1.165) is 11.5 Å². The smallest absolute Gasteiger partial charge is 0.314 e. The van der Waals surface area contributed by atoms with Crippen LogP contribution in [-0.4, -0.2) is 19.0 Å². The maximum Gasteiger partial charge on any atom is 0.314 e. The number of carbonyl (C=O) groups excluding carboxylic acids is 2. The number of methoxy groups -OCH3 is 1. The Bertz CT molecular complexity index is 923. The summed E-state index contributed by atoms with van der Waals surface area (Å²) in [6.07, 6.45) is 9.33. The van der Waals surface area contributed by atoms with E-state index in [-0.39, 0.29) is 23.8 Å². The summed E-state index contributed by atoms with van der Waals surface area (Å²) in [5, 5.41) is 0. The minimum Gasteiger partial charge on any atom is -0.469 e. The minimum atomic E-state index is -0.201. The van der Waals surface area contributed by atoms with Crippen molar-refractivity contribution in [1.82, 2.24) is 0 Å². The van der Waals surface area contributed by atoms with Gasteiger partial charge >= 0.3 is 11.9 Å². The molecule has 2 atom stereocenters. The van der Waals surface area contributed by atoms with E-state index in [1.165, 1.54) is 50.3 Å². The van der Waals surface area contributed by atoms with Crippen molar-refractivity contribution in [2.45, 2.75) is 70.6 Å². The molecule has 2 saturated carbocycles. The molecule has 176 valence electrons. The molecule has 4 heteroatoms. The Kier molecular flexibility index (Phi) is 7.85. The number of esters is 2. The standard InChI is InChI=1S/C29H36O4/c1-20-4-3-5-21(7-6-20)22-8-10-23(11-9-22)24-16-18-27(19-17-24)33-29(31)26-14-12-25(13-15-26)28(30)32-2/h8-11,16-21,25-26H,3-7,12-15H2,1-2H3.